The van der Waals surface area contributed by atoms with Gasteiger partial charge in [-0.2, -0.15) is 0 Å². The molecule has 0 saturated heterocycles. The fraction of sp³-hybridized carbons (Fsp3) is 0.571. The molecule has 0 aliphatic rings. The van der Waals surface area contributed by atoms with Crippen molar-refractivity contribution in [3.63, 3.8) is 0 Å². The molecule has 0 N–H and O–H groups in total. The van der Waals surface area contributed by atoms with Gasteiger partial charge in [0.15, 0.2) is 0 Å². The topological polar surface area (TPSA) is 37.0 Å². The van der Waals surface area contributed by atoms with E-state index in [0.29, 0.717) is 6.42 Å². The highest BCUT2D eigenvalue weighted by Gasteiger charge is 2.09. The second-order valence-corrected chi connectivity index (χ2v) is 2.02. The van der Waals surface area contributed by atoms with Gasteiger partial charge in [-0.3, -0.25) is 0 Å². The van der Waals surface area contributed by atoms with Crippen molar-refractivity contribution in [2.45, 2.75) is 20.3 Å². The fourth-order valence-corrected chi connectivity index (χ4v) is 0.436. The third-order valence-electron chi connectivity index (χ3n) is 1.13. The lowest BCUT2D eigenvalue weighted by Crippen LogP contribution is -2.05. The first-order chi connectivity index (χ1) is 4.18. The predicted molar refractivity (Wildman–Crippen MR) is 34.3 cm³/mol. The predicted octanol–water partition coefficient (Wildman–Crippen LogP) is 1.55. The average molecular weight is 127 g/mol. The Balaban J connectivity index is 3.50. The van der Waals surface area contributed by atoms with Crippen LogP contribution in [0.25, 0.3) is 0 Å². The first-order valence-electron chi connectivity index (χ1n) is 3.00. The maximum absolute atomic E-state index is 10.1. The van der Waals surface area contributed by atoms with Crippen LogP contribution in [0, 0.1) is 5.92 Å². The summed E-state index contributed by atoms with van der Waals surface area (Å²) >= 11 is 0. The molecule has 0 aromatic carbocycles. The molecular weight excluding hydrogens is 116 g/mol. The van der Waals surface area contributed by atoms with Crippen molar-refractivity contribution in [1.29, 1.82) is 0 Å². The minimum atomic E-state index is -0.979. The molecule has 0 bridgehead atoms. The zero-order valence-electron chi connectivity index (χ0n) is 5.76. The van der Waals surface area contributed by atoms with Crippen LogP contribution in [0.3, 0.4) is 0 Å². The van der Waals surface area contributed by atoms with Crippen LogP contribution in [0.2, 0.25) is 0 Å². The SMILES string of the molecule is CC=CCC(C)C([O])=O. The highest BCUT2D eigenvalue weighted by Crippen LogP contribution is 2.01. The summed E-state index contributed by atoms with van der Waals surface area (Å²) in [5.41, 5.74) is 0. The molecule has 0 saturated carbocycles. The van der Waals surface area contributed by atoms with E-state index in [0.717, 1.165) is 0 Å². The minimum Gasteiger partial charge on any atom is -0.247 e. The summed E-state index contributed by atoms with van der Waals surface area (Å²) < 4.78 is 0. The Morgan fingerprint density at radius 1 is 1.67 bits per heavy atom. The van der Waals surface area contributed by atoms with Crippen LogP contribution >= 0.6 is 0 Å². The van der Waals surface area contributed by atoms with Gasteiger partial charge in [0, 0.05) is 0 Å². The van der Waals surface area contributed by atoms with Gasteiger partial charge in [0.25, 0.3) is 0 Å². The van der Waals surface area contributed by atoms with Gasteiger partial charge in [-0.1, -0.05) is 19.1 Å². The molecule has 0 aromatic heterocycles. The highest BCUT2D eigenvalue weighted by molar-refractivity contribution is 5.69. The second kappa shape index (κ2) is 4.13. The van der Waals surface area contributed by atoms with Crippen molar-refractivity contribution in [2.75, 3.05) is 0 Å². The van der Waals surface area contributed by atoms with Gasteiger partial charge in [-0.25, -0.2) is 9.90 Å². The minimum absolute atomic E-state index is 0.360. The van der Waals surface area contributed by atoms with Crippen LogP contribution in [0.1, 0.15) is 20.3 Å². The molecular formula is C7H11O2. The molecule has 0 amide bonds. The van der Waals surface area contributed by atoms with Crippen LogP contribution in [0.5, 0.6) is 0 Å². The van der Waals surface area contributed by atoms with E-state index in [2.05, 4.69) is 0 Å². The lowest BCUT2D eigenvalue weighted by Gasteiger charge is -1.95. The van der Waals surface area contributed by atoms with Crippen molar-refractivity contribution in [1.82, 2.24) is 0 Å². The largest absolute Gasteiger partial charge is 0.358 e. The maximum atomic E-state index is 10.1. The van der Waals surface area contributed by atoms with E-state index < -0.39 is 5.97 Å². The Kier molecular flexibility index (Phi) is 3.76. The van der Waals surface area contributed by atoms with Crippen LogP contribution in [0.15, 0.2) is 12.2 Å². The number of hydrogen-bond donors (Lipinski definition) is 0. The molecule has 9 heavy (non-hydrogen) atoms. The smallest absolute Gasteiger partial charge is 0.247 e. The van der Waals surface area contributed by atoms with Crippen molar-refractivity contribution < 1.29 is 9.90 Å². The molecule has 51 valence electrons. The molecule has 0 aliphatic carbocycles. The molecule has 0 aromatic rings. The molecule has 1 atom stereocenters. The Morgan fingerprint density at radius 2 is 2.22 bits per heavy atom. The van der Waals surface area contributed by atoms with E-state index in [1.807, 2.05) is 19.1 Å². The Hall–Kier alpha value is -0.790. The van der Waals surface area contributed by atoms with E-state index in [4.69, 9.17) is 0 Å². The van der Waals surface area contributed by atoms with Gasteiger partial charge < -0.3 is 0 Å². The van der Waals surface area contributed by atoms with E-state index in [9.17, 15) is 9.90 Å². The first kappa shape index (κ1) is 8.21. The summed E-state index contributed by atoms with van der Waals surface area (Å²) in [6.07, 6.45) is 4.22. The van der Waals surface area contributed by atoms with E-state index in [1.165, 1.54) is 0 Å². The molecule has 0 fully saturated rings. The Labute approximate surface area is 55.2 Å². The van der Waals surface area contributed by atoms with Gasteiger partial charge in [-0.15, -0.1) is 0 Å². The lowest BCUT2D eigenvalue weighted by molar-refractivity contribution is -0.147. The molecule has 1 unspecified atom stereocenters. The van der Waals surface area contributed by atoms with Crippen molar-refractivity contribution in [2.24, 2.45) is 5.92 Å². The molecule has 0 aliphatic heterocycles. The summed E-state index contributed by atoms with van der Waals surface area (Å²) in [5.74, 6) is -1.34. The quantitative estimate of drug-likeness (QED) is 0.530. The van der Waals surface area contributed by atoms with Gasteiger partial charge in [0.05, 0.1) is 5.92 Å². The summed E-state index contributed by atoms with van der Waals surface area (Å²) in [5, 5.41) is 10.1. The molecule has 0 spiro atoms. The fourth-order valence-electron chi connectivity index (χ4n) is 0.436. The normalized spacial score (nSPS) is 14.0. The van der Waals surface area contributed by atoms with Crippen molar-refractivity contribution >= 4 is 5.97 Å². The van der Waals surface area contributed by atoms with Crippen LogP contribution in [0.4, 0.5) is 0 Å². The zero-order valence-corrected chi connectivity index (χ0v) is 5.76. The number of allylic oxidation sites excluding steroid dienone is 2. The molecule has 0 heterocycles. The van der Waals surface area contributed by atoms with E-state index >= 15 is 0 Å². The van der Waals surface area contributed by atoms with Gasteiger partial charge in [-0.05, 0) is 13.3 Å². The second-order valence-electron chi connectivity index (χ2n) is 2.02. The Morgan fingerprint density at radius 3 is 2.56 bits per heavy atom. The van der Waals surface area contributed by atoms with E-state index in [1.54, 1.807) is 6.92 Å². The third kappa shape index (κ3) is 3.76. The lowest BCUT2D eigenvalue weighted by atomic mass is 10.1. The number of carbonyl (C=O) groups excluding carboxylic acids is 1. The van der Waals surface area contributed by atoms with Gasteiger partial charge >= 0.3 is 5.97 Å². The standard InChI is InChI=1S/C7H11O2/c1-3-4-5-6(2)7(8)9/h3-4,6H,5H2,1-2H3. The van der Waals surface area contributed by atoms with E-state index in [-0.39, 0.29) is 5.92 Å². The number of hydrogen-bond acceptors (Lipinski definition) is 1. The Bertz CT molecular complexity index is 116. The highest BCUT2D eigenvalue weighted by atomic mass is 16.4. The van der Waals surface area contributed by atoms with Gasteiger partial charge in [0.2, 0.25) is 0 Å². The summed E-state index contributed by atoms with van der Waals surface area (Å²) in [4.78, 5) is 10.1. The van der Waals surface area contributed by atoms with Crippen LogP contribution < -0.4 is 0 Å². The molecule has 2 heteroatoms. The van der Waals surface area contributed by atoms with Crippen LogP contribution in [-0.2, 0) is 9.90 Å². The van der Waals surface area contributed by atoms with Crippen molar-refractivity contribution in [3.8, 4) is 0 Å². The van der Waals surface area contributed by atoms with Crippen molar-refractivity contribution in [3.05, 3.63) is 12.2 Å². The third-order valence-corrected chi connectivity index (χ3v) is 1.13. The number of carbonyl (C=O) groups is 1. The molecule has 2 nitrogen and oxygen atoms in total. The molecule has 1 radical (unpaired) electrons. The monoisotopic (exact) mass is 127 g/mol. The average Bonchev–Trinajstić information content (AvgIpc) is 1.82. The number of rotatable bonds is 3. The molecule has 0 rings (SSSR count). The van der Waals surface area contributed by atoms with Crippen LogP contribution in [-0.4, -0.2) is 5.97 Å². The summed E-state index contributed by atoms with van der Waals surface area (Å²) in [6.45, 7) is 3.50. The first-order valence-corrected chi connectivity index (χ1v) is 3.00. The zero-order chi connectivity index (χ0) is 7.28. The maximum Gasteiger partial charge on any atom is 0.358 e. The van der Waals surface area contributed by atoms with Gasteiger partial charge in [0.1, 0.15) is 0 Å². The summed E-state index contributed by atoms with van der Waals surface area (Å²) in [7, 11) is 0. The summed E-state index contributed by atoms with van der Waals surface area (Å²) in [6, 6.07) is 0.